The van der Waals surface area contributed by atoms with E-state index in [9.17, 15) is 4.79 Å². The molecule has 2 aromatic carbocycles. The third-order valence-electron chi connectivity index (χ3n) is 4.01. The summed E-state index contributed by atoms with van der Waals surface area (Å²) in [5.74, 6) is -0.186. The average Bonchev–Trinajstić information content (AvgIpc) is 2.56. The van der Waals surface area contributed by atoms with Gasteiger partial charge >= 0.3 is 0 Å². The van der Waals surface area contributed by atoms with Gasteiger partial charge in [-0.1, -0.05) is 41.4 Å². The molecule has 0 aliphatic carbocycles. The molecule has 0 saturated carbocycles. The van der Waals surface area contributed by atoms with Crippen molar-refractivity contribution < 1.29 is 4.79 Å². The first-order valence-corrected chi connectivity index (χ1v) is 8.64. The predicted octanol–water partition coefficient (Wildman–Crippen LogP) is 4.08. The van der Waals surface area contributed by atoms with Crippen molar-refractivity contribution in [1.82, 2.24) is 10.6 Å². The Morgan fingerprint density at radius 1 is 1.16 bits per heavy atom. The van der Waals surface area contributed by atoms with Crippen LogP contribution >= 0.6 is 23.8 Å². The van der Waals surface area contributed by atoms with Crippen molar-refractivity contribution in [2.75, 3.05) is 5.32 Å². The van der Waals surface area contributed by atoms with Crippen LogP contribution in [0.15, 0.2) is 59.8 Å². The molecule has 0 bridgehead atoms. The van der Waals surface area contributed by atoms with Crippen molar-refractivity contribution >= 4 is 40.5 Å². The lowest BCUT2D eigenvalue weighted by Gasteiger charge is -2.30. The molecule has 128 valence electrons. The van der Waals surface area contributed by atoms with Crippen LogP contribution in [0.2, 0.25) is 5.02 Å². The number of anilines is 1. The lowest BCUT2D eigenvalue weighted by molar-refractivity contribution is -0.113. The molecular formula is C19H18ClN3OS. The number of amides is 1. The highest BCUT2D eigenvalue weighted by atomic mass is 35.5. The molecule has 1 heterocycles. The molecule has 1 atom stereocenters. The van der Waals surface area contributed by atoms with Crippen molar-refractivity contribution in [3.63, 3.8) is 0 Å². The fraction of sp³-hybridized carbons (Fsp3) is 0.158. The lowest BCUT2D eigenvalue weighted by Crippen LogP contribution is -2.45. The predicted molar refractivity (Wildman–Crippen MR) is 106 cm³/mol. The number of rotatable bonds is 3. The summed E-state index contributed by atoms with van der Waals surface area (Å²) in [7, 11) is 0. The minimum absolute atomic E-state index is 0.186. The van der Waals surface area contributed by atoms with E-state index in [1.54, 1.807) is 6.07 Å². The Bertz CT molecular complexity index is 861. The molecule has 0 aromatic heterocycles. The van der Waals surface area contributed by atoms with E-state index in [0.29, 0.717) is 15.7 Å². The quantitative estimate of drug-likeness (QED) is 0.711. The summed E-state index contributed by atoms with van der Waals surface area (Å²) in [5, 5.41) is 10.2. The summed E-state index contributed by atoms with van der Waals surface area (Å²) in [5.41, 5.74) is 4.06. The number of aryl methyl sites for hydroxylation is 1. The summed E-state index contributed by atoms with van der Waals surface area (Å²) < 4.78 is 0. The van der Waals surface area contributed by atoms with Crippen molar-refractivity contribution in [1.29, 1.82) is 0 Å². The first-order chi connectivity index (χ1) is 11.9. The SMILES string of the molecule is CC1=C(C(=O)Nc2ccc(C)cc2)C(c2cccc(Cl)c2)NC(=S)N1. The Hall–Kier alpha value is -2.37. The zero-order valence-corrected chi connectivity index (χ0v) is 15.5. The van der Waals surface area contributed by atoms with Gasteiger partial charge < -0.3 is 16.0 Å². The molecular weight excluding hydrogens is 354 g/mol. The highest BCUT2D eigenvalue weighted by molar-refractivity contribution is 7.80. The van der Waals surface area contributed by atoms with Crippen LogP contribution in [0.1, 0.15) is 24.1 Å². The summed E-state index contributed by atoms with van der Waals surface area (Å²) in [6.07, 6.45) is 0. The first-order valence-electron chi connectivity index (χ1n) is 7.86. The van der Waals surface area contributed by atoms with Gasteiger partial charge in [-0.05, 0) is 55.9 Å². The monoisotopic (exact) mass is 371 g/mol. The zero-order chi connectivity index (χ0) is 18.0. The number of halogens is 1. The Balaban J connectivity index is 1.94. The van der Waals surface area contributed by atoms with Crippen LogP contribution in [0.5, 0.6) is 0 Å². The molecule has 0 radical (unpaired) electrons. The van der Waals surface area contributed by atoms with Gasteiger partial charge in [0.2, 0.25) is 0 Å². The number of carbonyl (C=O) groups is 1. The van der Waals surface area contributed by atoms with Gasteiger partial charge in [0.05, 0.1) is 11.6 Å². The van der Waals surface area contributed by atoms with Gasteiger partial charge in [0, 0.05) is 16.4 Å². The number of carbonyl (C=O) groups excluding carboxylic acids is 1. The standard InChI is InChI=1S/C19H18ClN3OS/c1-11-6-8-15(9-7-11)22-18(24)16-12(2)21-19(25)23-17(16)13-4-3-5-14(20)10-13/h3-10,17H,1-2H3,(H,22,24)(H2,21,23,25). The summed E-state index contributed by atoms with van der Waals surface area (Å²) in [4.78, 5) is 12.9. The fourth-order valence-electron chi connectivity index (χ4n) is 2.77. The Kier molecular flexibility index (Phi) is 5.06. The van der Waals surface area contributed by atoms with Gasteiger partial charge in [0.25, 0.3) is 5.91 Å². The van der Waals surface area contributed by atoms with Crippen LogP contribution < -0.4 is 16.0 Å². The smallest absolute Gasteiger partial charge is 0.255 e. The number of benzene rings is 2. The Morgan fingerprint density at radius 3 is 2.56 bits per heavy atom. The molecule has 0 saturated heterocycles. The highest BCUT2D eigenvalue weighted by Crippen LogP contribution is 2.29. The lowest BCUT2D eigenvalue weighted by atomic mass is 9.95. The van der Waals surface area contributed by atoms with Gasteiger partial charge in [0.15, 0.2) is 5.11 Å². The largest absolute Gasteiger partial charge is 0.351 e. The molecule has 1 unspecified atom stereocenters. The van der Waals surface area contributed by atoms with Gasteiger partial charge in [-0.3, -0.25) is 4.79 Å². The second kappa shape index (κ2) is 7.25. The van der Waals surface area contributed by atoms with E-state index >= 15 is 0 Å². The van der Waals surface area contributed by atoms with Crippen LogP contribution in [0, 0.1) is 6.92 Å². The molecule has 1 aliphatic heterocycles. The normalized spacial score (nSPS) is 16.9. The number of hydrogen-bond donors (Lipinski definition) is 3. The summed E-state index contributed by atoms with van der Waals surface area (Å²) in [6, 6.07) is 14.7. The second-order valence-corrected chi connectivity index (χ2v) is 6.79. The second-order valence-electron chi connectivity index (χ2n) is 5.95. The molecule has 3 rings (SSSR count). The third kappa shape index (κ3) is 4.00. The molecule has 0 fully saturated rings. The van der Waals surface area contributed by atoms with E-state index in [2.05, 4.69) is 16.0 Å². The highest BCUT2D eigenvalue weighted by Gasteiger charge is 2.30. The van der Waals surface area contributed by atoms with E-state index in [1.807, 2.05) is 56.3 Å². The number of allylic oxidation sites excluding steroid dienone is 1. The third-order valence-corrected chi connectivity index (χ3v) is 4.46. The molecule has 1 amide bonds. The minimum atomic E-state index is -0.363. The molecule has 4 nitrogen and oxygen atoms in total. The van der Waals surface area contributed by atoms with Crippen LogP contribution in [-0.4, -0.2) is 11.0 Å². The number of thiocarbonyl (C=S) groups is 1. The van der Waals surface area contributed by atoms with Crippen molar-refractivity contribution in [2.24, 2.45) is 0 Å². The summed E-state index contributed by atoms with van der Waals surface area (Å²) in [6.45, 7) is 3.85. The molecule has 1 aliphatic rings. The maximum atomic E-state index is 12.9. The molecule has 6 heteroatoms. The van der Waals surface area contributed by atoms with Gasteiger partial charge in [-0.2, -0.15) is 0 Å². The van der Waals surface area contributed by atoms with E-state index in [-0.39, 0.29) is 11.9 Å². The van der Waals surface area contributed by atoms with E-state index in [1.165, 1.54) is 0 Å². The molecule has 2 aromatic rings. The van der Waals surface area contributed by atoms with E-state index < -0.39 is 0 Å². The van der Waals surface area contributed by atoms with Crippen LogP contribution in [-0.2, 0) is 4.79 Å². The van der Waals surface area contributed by atoms with Gasteiger partial charge in [-0.25, -0.2) is 0 Å². The van der Waals surface area contributed by atoms with E-state index in [0.717, 1.165) is 22.5 Å². The maximum Gasteiger partial charge on any atom is 0.255 e. The van der Waals surface area contributed by atoms with Gasteiger partial charge in [0.1, 0.15) is 0 Å². The minimum Gasteiger partial charge on any atom is -0.351 e. The maximum absolute atomic E-state index is 12.9. The average molecular weight is 372 g/mol. The van der Waals surface area contributed by atoms with Crippen LogP contribution in [0.3, 0.4) is 0 Å². The van der Waals surface area contributed by atoms with Crippen molar-refractivity contribution in [2.45, 2.75) is 19.9 Å². The first kappa shape index (κ1) is 17.5. The van der Waals surface area contributed by atoms with Crippen molar-refractivity contribution in [3.05, 3.63) is 76.0 Å². The Morgan fingerprint density at radius 2 is 1.88 bits per heavy atom. The topological polar surface area (TPSA) is 53.2 Å². The van der Waals surface area contributed by atoms with E-state index in [4.69, 9.17) is 23.8 Å². The fourth-order valence-corrected chi connectivity index (χ4v) is 3.24. The Labute approximate surface area is 157 Å². The van der Waals surface area contributed by atoms with Crippen molar-refractivity contribution in [3.8, 4) is 0 Å². The van der Waals surface area contributed by atoms with Crippen LogP contribution in [0.25, 0.3) is 0 Å². The zero-order valence-electron chi connectivity index (χ0n) is 13.9. The number of hydrogen-bond acceptors (Lipinski definition) is 2. The molecule has 25 heavy (non-hydrogen) atoms. The number of nitrogens with one attached hydrogen (secondary N) is 3. The van der Waals surface area contributed by atoms with Crippen LogP contribution in [0.4, 0.5) is 5.69 Å². The van der Waals surface area contributed by atoms with Gasteiger partial charge in [-0.15, -0.1) is 0 Å². The molecule has 3 N–H and O–H groups in total. The molecule has 0 spiro atoms. The summed E-state index contributed by atoms with van der Waals surface area (Å²) >= 11 is 11.4.